The SMILES string of the molecule is CCc1ccc(CN(Cc2ccc(OC)cc2)C(=S)Nc2ccc(Br)cc2)cc1. The first-order chi connectivity index (χ1) is 14.1. The number of nitrogens with one attached hydrogen (secondary N) is 1. The number of halogens is 1. The second kappa shape index (κ2) is 10.4. The van der Waals surface area contributed by atoms with Crippen LogP contribution in [0.3, 0.4) is 0 Å². The summed E-state index contributed by atoms with van der Waals surface area (Å²) in [6, 6.07) is 24.9. The first-order valence-electron chi connectivity index (χ1n) is 9.59. The Morgan fingerprint density at radius 2 is 1.38 bits per heavy atom. The lowest BCUT2D eigenvalue weighted by atomic mass is 10.1. The van der Waals surface area contributed by atoms with Crippen LogP contribution in [0.15, 0.2) is 77.3 Å². The molecule has 0 aliphatic carbocycles. The van der Waals surface area contributed by atoms with E-state index < -0.39 is 0 Å². The summed E-state index contributed by atoms with van der Waals surface area (Å²) in [7, 11) is 1.68. The fraction of sp³-hybridized carbons (Fsp3) is 0.208. The van der Waals surface area contributed by atoms with Crippen LogP contribution in [0.5, 0.6) is 5.75 Å². The van der Waals surface area contributed by atoms with Crippen molar-refractivity contribution in [2.24, 2.45) is 0 Å². The maximum atomic E-state index is 5.76. The maximum absolute atomic E-state index is 5.76. The summed E-state index contributed by atoms with van der Waals surface area (Å²) in [6.45, 7) is 3.61. The molecule has 3 nitrogen and oxygen atoms in total. The minimum Gasteiger partial charge on any atom is -0.497 e. The standard InChI is InChI=1S/C24H25BrN2OS/c1-3-18-4-6-19(7-5-18)16-27(17-20-8-14-23(28-2)15-9-20)24(29)26-22-12-10-21(25)11-13-22/h4-15H,3,16-17H2,1-2H3,(H,26,29). The number of ether oxygens (including phenoxy) is 1. The molecule has 0 heterocycles. The van der Waals surface area contributed by atoms with Gasteiger partial charge >= 0.3 is 0 Å². The Kier molecular flexibility index (Phi) is 7.67. The predicted octanol–water partition coefficient (Wildman–Crippen LogP) is 6.42. The zero-order chi connectivity index (χ0) is 20.6. The Labute approximate surface area is 186 Å². The largest absolute Gasteiger partial charge is 0.497 e. The first kappa shape index (κ1) is 21.3. The van der Waals surface area contributed by atoms with Crippen molar-refractivity contribution in [2.75, 3.05) is 12.4 Å². The van der Waals surface area contributed by atoms with Crippen LogP contribution in [0.4, 0.5) is 5.69 Å². The summed E-state index contributed by atoms with van der Waals surface area (Å²) in [6.07, 6.45) is 1.04. The minimum absolute atomic E-state index is 0.697. The summed E-state index contributed by atoms with van der Waals surface area (Å²) in [5, 5.41) is 4.06. The highest BCUT2D eigenvalue weighted by atomic mass is 79.9. The second-order valence-electron chi connectivity index (χ2n) is 6.81. The van der Waals surface area contributed by atoms with Crippen molar-refractivity contribution in [1.82, 2.24) is 4.90 Å². The monoisotopic (exact) mass is 468 g/mol. The number of aryl methyl sites for hydroxylation is 1. The lowest BCUT2D eigenvalue weighted by Gasteiger charge is -2.26. The van der Waals surface area contributed by atoms with Crippen LogP contribution in [0.25, 0.3) is 0 Å². The van der Waals surface area contributed by atoms with E-state index >= 15 is 0 Å². The van der Waals surface area contributed by atoms with Gasteiger partial charge in [0.05, 0.1) is 7.11 Å². The number of nitrogens with zero attached hydrogens (tertiary/aromatic N) is 1. The molecule has 0 fully saturated rings. The van der Waals surface area contributed by atoms with E-state index in [-0.39, 0.29) is 0 Å². The highest BCUT2D eigenvalue weighted by Gasteiger charge is 2.12. The number of methoxy groups -OCH3 is 1. The van der Waals surface area contributed by atoms with E-state index in [1.54, 1.807) is 7.11 Å². The van der Waals surface area contributed by atoms with E-state index in [0.29, 0.717) is 11.7 Å². The van der Waals surface area contributed by atoms with Gasteiger partial charge in [-0.3, -0.25) is 0 Å². The molecule has 0 bridgehead atoms. The summed E-state index contributed by atoms with van der Waals surface area (Å²) in [5.74, 6) is 0.853. The normalized spacial score (nSPS) is 10.4. The van der Waals surface area contributed by atoms with Gasteiger partial charge in [-0.1, -0.05) is 59.3 Å². The minimum atomic E-state index is 0.697. The van der Waals surface area contributed by atoms with Crippen molar-refractivity contribution in [3.05, 3.63) is 94.0 Å². The van der Waals surface area contributed by atoms with Gasteiger partial charge in [-0.05, 0) is 71.7 Å². The van der Waals surface area contributed by atoms with Crippen LogP contribution in [-0.2, 0) is 19.5 Å². The van der Waals surface area contributed by atoms with Crippen molar-refractivity contribution in [1.29, 1.82) is 0 Å². The number of hydrogen-bond donors (Lipinski definition) is 1. The predicted molar refractivity (Wildman–Crippen MR) is 128 cm³/mol. The van der Waals surface area contributed by atoms with Gasteiger partial charge in [0.1, 0.15) is 5.75 Å². The van der Waals surface area contributed by atoms with Gasteiger partial charge in [0, 0.05) is 23.2 Å². The summed E-state index contributed by atoms with van der Waals surface area (Å²) in [4.78, 5) is 2.18. The molecule has 0 spiro atoms. The molecule has 0 aromatic heterocycles. The third-order valence-corrected chi connectivity index (χ3v) is 5.61. The molecule has 0 unspecified atom stereocenters. The van der Waals surface area contributed by atoms with Crippen molar-refractivity contribution in [3.63, 3.8) is 0 Å². The molecule has 150 valence electrons. The lowest BCUT2D eigenvalue weighted by molar-refractivity contribution is 0.407. The Bertz CT molecular complexity index is 875. The third kappa shape index (κ3) is 6.31. The zero-order valence-electron chi connectivity index (χ0n) is 16.7. The Balaban J connectivity index is 1.78. The van der Waals surface area contributed by atoms with Gasteiger partial charge in [0.25, 0.3) is 0 Å². The zero-order valence-corrected chi connectivity index (χ0v) is 19.1. The average Bonchev–Trinajstić information content (AvgIpc) is 2.76. The van der Waals surface area contributed by atoms with Gasteiger partial charge in [-0.2, -0.15) is 0 Å². The number of thiocarbonyl (C=S) groups is 1. The lowest BCUT2D eigenvalue weighted by Crippen LogP contribution is -2.33. The Morgan fingerprint density at radius 1 is 0.862 bits per heavy atom. The summed E-state index contributed by atoms with van der Waals surface area (Å²) in [5.41, 5.74) is 4.72. The van der Waals surface area contributed by atoms with Gasteiger partial charge in [0.15, 0.2) is 5.11 Å². The quantitative estimate of drug-likeness (QED) is 0.404. The van der Waals surface area contributed by atoms with E-state index in [2.05, 4.69) is 69.5 Å². The summed E-state index contributed by atoms with van der Waals surface area (Å²) < 4.78 is 6.31. The topological polar surface area (TPSA) is 24.5 Å². The van der Waals surface area contributed by atoms with Gasteiger partial charge < -0.3 is 15.0 Å². The van der Waals surface area contributed by atoms with Crippen molar-refractivity contribution in [3.8, 4) is 5.75 Å². The van der Waals surface area contributed by atoms with Gasteiger partial charge in [-0.15, -0.1) is 0 Å². The van der Waals surface area contributed by atoms with E-state index in [9.17, 15) is 0 Å². The van der Waals surface area contributed by atoms with E-state index in [1.165, 1.54) is 16.7 Å². The highest BCUT2D eigenvalue weighted by molar-refractivity contribution is 9.10. The van der Waals surface area contributed by atoms with E-state index in [1.807, 2.05) is 36.4 Å². The molecule has 29 heavy (non-hydrogen) atoms. The molecular formula is C24H25BrN2OS. The molecule has 0 aliphatic rings. The number of benzene rings is 3. The van der Waals surface area contributed by atoms with Crippen LogP contribution in [-0.4, -0.2) is 17.1 Å². The molecule has 0 radical (unpaired) electrons. The molecule has 3 rings (SSSR count). The number of hydrogen-bond acceptors (Lipinski definition) is 2. The number of rotatable bonds is 7. The fourth-order valence-corrected chi connectivity index (χ4v) is 3.50. The molecular weight excluding hydrogens is 444 g/mol. The van der Waals surface area contributed by atoms with Gasteiger partial charge in [0.2, 0.25) is 0 Å². The molecule has 5 heteroatoms. The first-order valence-corrected chi connectivity index (χ1v) is 10.8. The van der Waals surface area contributed by atoms with E-state index in [0.717, 1.165) is 28.9 Å². The van der Waals surface area contributed by atoms with E-state index in [4.69, 9.17) is 17.0 Å². The molecule has 3 aromatic rings. The number of anilines is 1. The third-order valence-electron chi connectivity index (χ3n) is 4.72. The van der Waals surface area contributed by atoms with Crippen LogP contribution in [0, 0.1) is 0 Å². The Hall–Kier alpha value is -2.37. The maximum Gasteiger partial charge on any atom is 0.174 e. The fourth-order valence-electron chi connectivity index (χ4n) is 2.99. The second-order valence-corrected chi connectivity index (χ2v) is 8.11. The summed E-state index contributed by atoms with van der Waals surface area (Å²) >= 11 is 9.24. The van der Waals surface area contributed by atoms with Crippen LogP contribution in [0.2, 0.25) is 0 Å². The molecule has 1 N–H and O–H groups in total. The van der Waals surface area contributed by atoms with Crippen LogP contribution < -0.4 is 10.1 Å². The molecule has 0 atom stereocenters. The average molecular weight is 469 g/mol. The van der Waals surface area contributed by atoms with Crippen molar-refractivity contribution in [2.45, 2.75) is 26.4 Å². The van der Waals surface area contributed by atoms with Crippen LogP contribution >= 0.6 is 28.1 Å². The molecule has 0 saturated carbocycles. The van der Waals surface area contributed by atoms with Crippen molar-refractivity contribution < 1.29 is 4.74 Å². The van der Waals surface area contributed by atoms with Crippen LogP contribution in [0.1, 0.15) is 23.6 Å². The highest BCUT2D eigenvalue weighted by Crippen LogP contribution is 2.18. The Morgan fingerprint density at radius 3 is 1.90 bits per heavy atom. The molecule has 0 saturated heterocycles. The molecule has 0 amide bonds. The van der Waals surface area contributed by atoms with Crippen molar-refractivity contribution >= 4 is 38.9 Å². The molecule has 3 aromatic carbocycles. The van der Waals surface area contributed by atoms with Gasteiger partial charge in [-0.25, -0.2) is 0 Å². The smallest absolute Gasteiger partial charge is 0.174 e. The molecule has 0 aliphatic heterocycles.